The summed E-state index contributed by atoms with van der Waals surface area (Å²) in [7, 11) is 0. The third-order valence-corrected chi connectivity index (χ3v) is 2.84. The van der Waals surface area contributed by atoms with Crippen LogP contribution in [0.25, 0.3) is 0 Å². The van der Waals surface area contributed by atoms with Crippen molar-refractivity contribution in [3.8, 4) is 0 Å². The zero-order valence-electron chi connectivity index (χ0n) is 12.1. The molecular formula is C14H19N3O4. The SMILES string of the molecule is CCN(C(=O)NC(=O)CC(C)CC(=O)O)c1ccncc1. The first-order chi connectivity index (χ1) is 9.93. The van der Waals surface area contributed by atoms with E-state index in [0.29, 0.717) is 12.2 Å². The van der Waals surface area contributed by atoms with Gasteiger partial charge < -0.3 is 5.11 Å². The molecule has 7 heteroatoms. The molecule has 1 aromatic heterocycles. The van der Waals surface area contributed by atoms with Gasteiger partial charge in [-0.1, -0.05) is 6.92 Å². The molecule has 21 heavy (non-hydrogen) atoms. The van der Waals surface area contributed by atoms with Crippen molar-refractivity contribution in [1.29, 1.82) is 0 Å². The molecule has 0 fully saturated rings. The Morgan fingerprint density at radius 1 is 1.29 bits per heavy atom. The average Bonchev–Trinajstić information content (AvgIpc) is 2.39. The fourth-order valence-electron chi connectivity index (χ4n) is 1.89. The van der Waals surface area contributed by atoms with E-state index in [1.165, 1.54) is 4.90 Å². The van der Waals surface area contributed by atoms with Crippen LogP contribution in [-0.4, -0.2) is 34.5 Å². The number of anilines is 1. The summed E-state index contributed by atoms with van der Waals surface area (Å²) in [6.07, 6.45) is 3.00. The van der Waals surface area contributed by atoms with Crippen LogP contribution in [0.3, 0.4) is 0 Å². The van der Waals surface area contributed by atoms with Gasteiger partial charge >= 0.3 is 12.0 Å². The summed E-state index contributed by atoms with van der Waals surface area (Å²) in [4.78, 5) is 39.6. The van der Waals surface area contributed by atoms with E-state index in [0.717, 1.165) is 0 Å². The smallest absolute Gasteiger partial charge is 0.328 e. The van der Waals surface area contributed by atoms with E-state index in [2.05, 4.69) is 10.3 Å². The zero-order chi connectivity index (χ0) is 15.8. The van der Waals surface area contributed by atoms with Gasteiger partial charge in [0.1, 0.15) is 0 Å². The molecule has 3 amide bonds. The molecule has 1 aromatic rings. The van der Waals surface area contributed by atoms with Crippen LogP contribution in [0, 0.1) is 5.92 Å². The first-order valence-corrected chi connectivity index (χ1v) is 6.67. The number of nitrogens with zero attached hydrogens (tertiary/aromatic N) is 2. The summed E-state index contributed by atoms with van der Waals surface area (Å²) < 4.78 is 0. The second-order valence-corrected chi connectivity index (χ2v) is 4.71. The van der Waals surface area contributed by atoms with E-state index in [1.807, 2.05) is 0 Å². The quantitative estimate of drug-likeness (QED) is 0.830. The lowest BCUT2D eigenvalue weighted by molar-refractivity contribution is -0.138. The van der Waals surface area contributed by atoms with Crippen LogP contribution in [0.1, 0.15) is 26.7 Å². The molecule has 0 aromatic carbocycles. The van der Waals surface area contributed by atoms with Crippen LogP contribution in [0.15, 0.2) is 24.5 Å². The fraction of sp³-hybridized carbons (Fsp3) is 0.429. The van der Waals surface area contributed by atoms with E-state index in [9.17, 15) is 14.4 Å². The molecule has 0 spiro atoms. The lowest BCUT2D eigenvalue weighted by Gasteiger charge is -2.21. The number of hydrogen-bond acceptors (Lipinski definition) is 4. The summed E-state index contributed by atoms with van der Waals surface area (Å²) >= 11 is 0. The molecule has 1 unspecified atom stereocenters. The van der Waals surface area contributed by atoms with Gasteiger partial charge in [-0.15, -0.1) is 0 Å². The van der Waals surface area contributed by atoms with Gasteiger partial charge in [-0.2, -0.15) is 0 Å². The van der Waals surface area contributed by atoms with Crippen LogP contribution in [0.5, 0.6) is 0 Å². The predicted molar refractivity (Wildman–Crippen MR) is 76.8 cm³/mol. The molecule has 0 saturated heterocycles. The molecule has 0 aliphatic rings. The van der Waals surface area contributed by atoms with Gasteiger partial charge in [-0.25, -0.2) is 4.79 Å². The van der Waals surface area contributed by atoms with Gasteiger partial charge in [-0.05, 0) is 25.0 Å². The Kier molecular flexibility index (Phi) is 6.32. The Bertz CT molecular complexity index is 504. The molecular weight excluding hydrogens is 274 g/mol. The van der Waals surface area contributed by atoms with Crippen molar-refractivity contribution < 1.29 is 19.5 Å². The number of carbonyl (C=O) groups excluding carboxylic acids is 2. The minimum atomic E-state index is -0.964. The van der Waals surface area contributed by atoms with Crippen molar-refractivity contribution in [2.45, 2.75) is 26.7 Å². The molecule has 0 radical (unpaired) electrons. The second-order valence-electron chi connectivity index (χ2n) is 4.71. The molecule has 7 nitrogen and oxygen atoms in total. The monoisotopic (exact) mass is 293 g/mol. The highest BCUT2D eigenvalue weighted by atomic mass is 16.4. The Morgan fingerprint density at radius 2 is 1.90 bits per heavy atom. The van der Waals surface area contributed by atoms with Gasteiger partial charge in [0.05, 0.1) is 0 Å². The third kappa shape index (κ3) is 5.60. The van der Waals surface area contributed by atoms with E-state index in [1.54, 1.807) is 38.4 Å². The van der Waals surface area contributed by atoms with Crippen molar-refractivity contribution in [3.05, 3.63) is 24.5 Å². The van der Waals surface area contributed by atoms with Crippen molar-refractivity contribution in [2.24, 2.45) is 5.92 Å². The lowest BCUT2D eigenvalue weighted by atomic mass is 10.0. The first-order valence-electron chi connectivity index (χ1n) is 6.67. The Labute approximate surface area is 123 Å². The van der Waals surface area contributed by atoms with Gasteiger partial charge in [0.15, 0.2) is 0 Å². The molecule has 114 valence electrons. The number of carboxylic acids is 1. The molecule has 0 aliphatic carbocycles. The number of pyridine rings is 1. The largest absolute Gasteiger partial charge is 0.481 e. The molecule has 1 atom stereocenters. The first kappa shape index (κ1) is 16.6. The standard InChI is InChI=1S/C14H19N3O4/c1-3-17(11-4-6-15-7-5-11)14(21)16-12(18)8-10(2)9-13(19)20/h4-7,10H,3,8-9H2,1-2H3,(H,19,20)(H,16,18,21). The summed E-state index contributed by atoms with van der Waals surface area (Å²) in [6.45, 7) is 3.84. The van der Waals surface area contributed by atoms with Crippen molar-refractivity contribution in [3.63, 3.8) is 0 Å². The minimum absolute atomic E-state index is 0.00800. The maximum absolute atomic E-state index is 12.0. The van der Waals surface area contributed by atoms with E-state index < -0.39 is 17.9 Å². The summed E-state index contributed by atoms with van der Waals surface area (Å²) in [6, 6.07) is 2.80. The highest BCUT2D eigenvalue weighted by Gasteiger charge is 2.18. The maximum Gasteiger partial charge on any atom is 0.328 e. The fourth-order valence-corrected chi connectivity index (χ4v) is 1.89. The number of amides is 3. The van der Waals surface area contributed by atoms with Crippen molar-refractivity contribution >= 4 is 23.6 Å². The number of hydrogen-bond donors (Lipinski definition) is 2. The summed E-state index contributed by atoms with van der Waals surface area (Å²) in [5, 5.41) is 10.9. The van der Waals surface area contributed by atoms with Gasteiger partial charge in [0.25, 0.3) is 0 Å². The molecule has 0 bridgehead atoms. The van der Waals surface area contributed by atoms with E-state index in [4.69, 9.17) is 5.11 Å². The average molecular weight is 293 g/mol. The lowest BCUT2D eigenvalue weighted by Crippen LogP contribution is -2.43. The summed E-state index contributed by atoms with van der Waals surface area (Å²) in [5.41, 5.74) is 0.636. The van der Waals surface area contributed by atoms with E-state index in [-0.39, 0.29) is 18.8 Å². The normalized spacial score (nSPS) is 11.5. The molecule has 1 heterocycles. The highest BCUT2D eigenvalue weighted by molar-refractivity contribution is 6.02. The van der Waals surface area contributed by atoms with Gasteiger partial charge in [0.2, 0.25) is 5.91 Å². The number of carbonyl (C=O) groups is 3. The molecule has 1 rings (SSSR count). The maximum atomic E-state index is 12.0. The van der Waals surface area contributed by atoms with Crippen LogP contribution in [0.4, 0.5) is 10.5 Å². The minimum Gasteiger partial charge on any atom is -0.481 e. The number of urea groups is 1. The predicted octanol–water partition coefficient (Wildman–Crippen LogP) is 1.64. The number of aliphatic carboxylic acids is 1. The van der Waals surface area contributed by atoms with Crippen LogP contribution in [-0.2, 0) is 9.59 Å². The number of imide groups is 1. The molecule has 2 N–H and O–H groups in total. The van der Waals surface area contributed by atoms with Gasteiger partial charge in [0, 0.05) is 37.5 Å². The topological polar surface area (TPSA) is 99.6 Å². The number of rotatable bonds is 6. The van der Waals surface area contributed by atoms with Gasteiger partial charge in [-0.3, -0.25) is 24.8 Å². The Hall–Kier alpha value is -2.44. The number of aromatic nitrogens is 1. The van der Waals surface area contributed by atoms with Crippen LogP contribution < -0.4 is 10.2 Å². The van der Waals surface area contributed by atoms with Crippen LogP contribution in [0.2, 0.25) is 0 Å². The number of carboxylic acid groups (broad SMARTS) is 1. The third-order valence-electron chi connectivity index (χ3n) is 2.84. The second kappa shape index (κ2) is 7.98. The highest BCUT2D eigenvalue weighted by Crippen LogP contribution is 2.12. The summed E-state index contributed by atoms with van der Waals surface area (Å²) in [5.74, 6) is -1.78. The Balaban J connectivity index is 2.58. The van der Waals surface area contributed by atoms with Crippen LogP contribution >= 0.6 is 0 Å². The van der Waals surface area contributed by atoms with Crippen molar-refractivity contribution in [1.82, 2.24) is 10.3 Å². The zero-order valence-corrected chi connectivity index (χ0v) is 12.1. The van der Waals surface area contributed by atoms with Crippen molar-refractivity contribution in [2.75, 3.05) is 11.4 Å². The van der Waals surface area contributed by atoms with E-state index >= 15 is 0 Å². The molecule has 0 saturated carbocycles. The number of nitrogens with one attached hydrogen (secondary N) is 1. The molecule has 0 aliphatic heterocycles. The Morgan fingerprint density at radius 3 is 2.43 bits per heavy atom.